The molecule has 0 bridgehead atoms. The molecule has 36 heavy (non-hydrogen) atoms. The van der Waals surface area contributed by atoms with Gasteiger partial charge in [0.15, 0.2) is 11.9 Å². The Morgan fingerprint density at radius 1 is 0.889 bits per heavy atom. The molecule has 0 aliphatic heterocycles. The lowest BCUT2D eigenvalue weighted by molar-refractivity contribution is -0.154. The summed E-state index contributed by atoms with van der Waals surface area (Å²) in [6, 6.07) is 17.4. The topological polar surface area (TPSA) is 75.6 Å². The Hall–Kier alpha value is -3.58. The number of ether oxygens (including phenoxy) is 1. The van der Waals surface area contributed by atoms with Crippen molar-refractivity contribution in [3.05, 3.63) is 101 Å². The molecule has 0 spiro atoms. The summed E-state index contributed by atoms with van der Waals surface area (Å²) in [6.07, 6.45) is 0.447. The second-order valence-electron chi connectivity index (χ2n) is 8.71. The second-order valence-corrected chi connectivity index (χ2v) is 8.71. The van der Waals surface area contributed by atoms with Gasteiger partial charge in [0.2, 0.25) is 0 Å². The van der Waals surface area contributed by atoms with E-state index >= 15 is 0 Å². The van der Waals surface area contributed by atoms with Crippen molar-refractivity contribution in [1.82, 2.24) is 5.32 Å². The molecule has 1 atom stereocenters. The van der Waals surface area contributed by atoms with Crippen molar-refractivity contribution in [1.29, 1.82) is 0 Å². The van der Waals surface area contributed by atoms with Crippen LogP contribution in [0, 0.1) is 23.5 Å². The maximum Gasteiger partial charge on any atom is 0.311 e. The number of phenolic OH excluding ortho intramolecular Hbond substituents is 1. The van der Waals surface area contributed by atoms with Gasteiger partial charge in [-0.3, -0.25) is 9.59 Å². The van der Waals surface area contributed by atoms with Gasteiger partial charge in [-0.25, -0.2) is 8.78 Å². The van der Waals surface area contributed by atoms with E-state index < -0.39 is 29.6 Å². The first-order valence-electron chi connectivity index (χ1n) is 12.1. The van der Waals surface area contributed by atoms with Crippen molar-refractivity contribution in [2.75, 3.05) is 13.1 Å². The van der Waals surface area contributed by atoms with E-state index in [4.69, 9.17) is 4.74 Å². The lowest BCUT2D eigenvalue weighted by atomic mass is 9.87. The van der Waals surface area contributed by atoms with Crippen LogP contribution in [0.2, 0.25) is 0 Å². The number of hydrogen-bond donors (Lipinski definition) is 2. The molecule has 7 heteroatoms. The SMILES string of the molecule is CCC(CC)C(CNCC(=O)c1ccc(O)cc1)C(=O)OC(c1cccc(F)c1)c1cccc(F)c1. The van der Waals surface area contributed by atoms with Crippen molar-refractivity contribution >= 4 is 11.8 Å². The molecule has 1 unspecified atom stereocenters. The summed E-state index contributed by atoms with van der Waals surface area (Å²) in [6.45, 7) is 4.17. The van der Waals surface area contributed by atoms with Gasteiger partial charge in [-0.15, -0.1) is 0 Å². The Morgan fingerprint density at radius 3 is 1.94 bits per heavy atom. The molecule has 3 aromatic carbocycles. The summed E-state index contributed by atoms with van der Waals surface area (Å²) in [4.78, 5) is 25.9. The van der Waals surface area contributed by atoms with E-state index in [0.29, 0.717) is 29.5 Å². The Bertz CT molecular complexity index is 1120. The summed E-state index contributed by atoms with van der Waals surface area (Å²) < 4.78 is 33.9. The number of Topliss-reactive ketones (excluding diaryl/α,β-unsaturated/α-hetero) is 1. The summed E-state index contributed by atoms with van der Waals surface area (Å²) in [7, 11) is 0. The number of aromatic hydroxyl groups is 1. The van der Waals surface area contributed by atoms with Crippen LogP contribution in [0.4, 0.5) is 8.78 Å². The van der Waals surface area contributed by atoms with Crippen LogP contribution in [0.5, 0.6) is 5.75 Å². The fourth-order valence-electron chi connectivity index (χ4n) is 4.26. The number of hydrogen-bond acceptors (Lipinski definition) is 5. The van der Waals surface area contributed by atoms with E-state index in [1.165, 1.54) is 60.7 Å². The Kier molecular flexibility index (Phi) is 9.70. The number of carbonyl (C=O) groups is 2. The molecule has 0 fully saturated rings. The van der Waals surface area contributed by atoms with E-state index in [2.05, 4.69) is 5.32 Å². The monoisotopic (exact) mass is 495 g/mol. The molecule has 0 aromatic heterocycles. The average molecular weight is 496 g/mol. The van der Waals surface area contributed by atoms with E-state index in [-0.39, 0.29) is 30.5 Å². The summed E-state index contributed by atoms with van der Waals surface area (Å²) >= 11 is 0. The van der Waals surface area contributed by atoms with Crippen LogP contribution >= 0.6 is 0 Å². The van der Waals surface area contributed by atoms with E-state index in [9.17, 15) is 23.5 Å². The highest BCUT2D eigenvalue weighted by molar-refractivity contribution is 5.97. The number of phenols is 1. The molecule has 0 radical (unpaired) electrons. The number of nitrogens with one attached hydrogen (secondary N) is 1. The standard InChI is InChI=1S/C29H31F2NO4/c1-3-19(4-2)26(17-32-18-27(34)20-11-13-25(33)14-12-20)29(35)36-28(21-7-5-9-23(30)15-21)22-8-6-10-24(31)16-22/h5-16,19,26,28,32-33H,3-4,17-18H2,1-2H3. The minimum absolute atomic E-state index is 0.00588. The molecule has 2 N–H and O–H groups in total. The first-order valence-corrected chi connectivity index (χ1v) is 12.1. The van der Waals surface area contributed by atoms with Gasteiger partial charge in [0.1, 0.15) is 17.4 Å². The summed E-state index contributed by atoms with van der Waals surface area (Å²) in [5, 5.41) is 12.5. The molecule has 3 aromatic rings. The van der Waals surface area contributed by atoms with E-state index in [1.807, 2.05) is 13.8 Å². The van der Waals surface area contributed by atoms with Crippen LogP contribution in [-0.4, -0.2) is 29.9 Å². The normalized spacial score (nSPS) is 12.1. The minimum Gasteiger partial charge on any atom is -0.508 e. The van der Waals surface area contributed by atoms with Crippen LogP contribution in [0.3, 0.4) is 0 Å². The minimum atomic E-state index is -0.987. The zero-order valence-electron chi connectivity index (χ0n) is 20.4. The average Bonchev–Trinajstić information content (AvgIpc) is 2.87. The van der Waals surface area contributed by atoms with Crippen molar-refractivity contribution in [3.63, 3.8) is 0 Å². The zero-order chi connectivity index (χ0) is 26.1. The lowest BCUT2D eigenvalue weighted by Gasteiger charge is -2.27. The quantitative estimate of drug-likeness (QED) is 0.244. The fourth-order valence-corrected chi connectivity index (χ4v) is 4.26. The third-order valence-corrected chi connectivity index (χ3v) is 6.30. The van der Waals surface area contributed by atoms with Crippen LogP contribution in [0.15, 0.2) is 72.8 Å². The molecule has 3 rings (SSSR count). The Balaban J connectivity index is 1.78. The molecule has 0 saturated heterocycles. The molecule has 0 aliphatic rings. The van der Waals surface area contributed by atoms with Crippen molar-refractivity contribution < 1.29 is 28.2 Å². The van der Waals surface area contributed by atoms with E-state index in [0.717, 1.165) is 0 Å². The maximum atomic E-state index is 14.0. The maximum absolute atomic E-state index is 14.0. The molecule has 0 saturated carbocycles. The van der Waals surface area contributed by atoms with Crippen LogP contribution in [0.25, 0.3) is 0 Å². The van der Waals surface area contributed by atoms with Crippen molar-refractivity contribution in [3.8, 4) is 5.75 Å². The number of rotatable bonds is 12. The van der Waals surface area contributed by atoms with Gasteiger partial charge >= 0.3 is 5.97 Å². The van der Waals surface area contributed by atoms with Gasteiger partial charge in [0.05, 0.1) is 12.5 Å². The fraction of sp³-hybridized carbons (Fsp3) is 0.310. The predicted octanol–water partition coefficient (Wildman–Crippen LogP) is 5.83. The van der Waals surface area contributed by atoms with Gasteiger partial charge in [-0.2, -0.15) is 0 Å². The van der Waals surface area contributed by atoms with E-state index in [1.54, 1.807) is 12.1 Å². The number of halogens is 2. The highest BCUT2D eigenvalue weighted by Gasteiger charge is 2.31. The van der Waals surface area contributed by atoms with Gasteiger partial charge in [-0.1, -0.05) is 51.0 Å². The van der Waals surface area contributed by atoms with Gasteiger partial charge in [0.25, 0.3) is 0 Å². The molecule has 0 amide bonds. The molecule has 190 valence electrons. The van der Waals surface area contributed by atoms with Gasteiger partial charge in [-0.05, 0) is 65.6 Å². The number of esters is 1. The number of benzene rings is 3. The van der Waals surface area contributed by atoms with Crippen LogP contribution in [-0.2, 0) is 9.53 Å². The number of ketones is 1. The summed E-state index contributed by atoms with van der Waals surface area (Å²) in [5.74, 6) is -2.18. The van der Waals surface area contributed by atoms with Crippen molar-refractivity contribution in [2.24, 2.45) is 11.8 Å². The smallest absolute Gasteiger partial charge is 0.311 e. The Morgan fingerprint density at radius 2 is 1.44 bits per heavy atom. The highest BCUT2D eigenvalue weighted by atomic mass is 19.1. The molecule has 0 heterocycles. The predicted molar refractivity (Wildman–Crippen MR) is 134 cm³/mol. The van der Waals surface area contributed by atoms with Gasteiger partial charge in [0, 0.05) is 12.1 Å². The first-order chi connectivity index (χ1) is 17.3. The molecular weight excluding hydrogens is 464 g/mol. The zero-order valence-corrected chi connectivity index (χ0v) is 20.4. The molecule has 5 nitrogen and oxygen atoms in total. The number of carbonyl (C=O) groups excluding carboxylic acids is 2. The summed E-state index contributed by atoms with van der Waals surface area (Å²) in [5.41, 5.74) is 1.24. The van der Waals surface area contributed by atoms with Crippen LogP contribution in [0.1, 0.15) is 54.3 Å². The second kappa shape index (κ2) is 12.9. The van der Waals surface area contributed by atoms with Crippen molar-refractivity contribution in [2.45, 2.75) is 32.8 Å². The lowest BCUT2D eigenvalue weighted by Crippen LogP contribution is -2.37. The largest absolute Gasteiger partial charge is 0.508 e. The Labute approximate surface area is 210 Å². The van der Waals surface area contributed by atoms with Gasteiger partial charge < -0.3 is 15.2 Å². The third-order valence-electron chi connectivity index (χ3n) is 6.30. The highest BCUT2D eigenvalue weighted by Crippen LogP contribution is 2.30. The first kappa shape index (κ1) is 27.0. The van der Waals surface area contributed by atoms with Crippen LogP contribution < -0.4 is 5.32 Å². The molecular formula is C29H31F2NO4. The molecule has 0 aliphatic carbocycles. The third kappa shape index (κ3) is 7.21.